The molecule has 2 N–H and O–H groups in total. The van der Waals surface area contributed by atoms with Crippen LogP contribution in [0.1, 0.15) is 33.4 Å². The maximum Gasteiger partial charge on any atom is 0.179 e. The van der Waals surface area contributed by atoms with Crippen molar-refractivity contribution in [2.75, 3.05) is 0 Å². The molecule has 0 saturated heterocycles. The summed E-state index contributed by atoms with van der Waals surface area (Å²) in [6.45, 7) is 0. The van der Waals surface area contributed by atoms with E-state index in [1.54, 1.807) is 23.5 Å². The lowest BCUT2D eigenvalue weighted by molar-refractivity contribution is 0.138. The third-order valence-electron chi connectivity index (χ3n) is 7.19. The minimum Gasteiger partial charge on any atom is -0.369 e. The first kappa shape index (κ1) is 24.9. The van der Waals surface area contributed by atoms with Gasteiger partial charge >= 0.3 is 0 Å². The number of hydrogen-bond donors (Lipinski definition) is 2. The third kappa shape index (κ3) is 4.14. The summed E-state index contributed by atoms with van der Waals surface area (Å²) in [5.74, 6) is 12.8. The van der Waals surface area contributed by atoms with Crippen LogP contribution < -0.4 is 0 Å². The van der Waals surface area contributed by atoms with Gasteiger partial charge in [-0.2, -0.15) is 0 Å². The van der Waals surface area contributed by atoms with E-state index in [0.717, 1.165) is 53.0 Å². The molecule has 0 fully saturated rings. The van der Waals surface area contributed by atoms with Gasteiger partial charge in [0.1, 0.15) is 0 Å². The van der Waals surface area contributed by atoms with Gasteiger partial charge in [-0.1, -0.05) is 126 Å². The highest BCUT2D eigenvalue weighted by molar-refractivity contribution is 7.99. The predicted octanol–water partition coefficient (Wildman–Crippen LogP) is 7.19. The van der Waals surface area contributed by atoms with Crippen molar-refractivity contribution in [3.63, 3.8) is 0 Å². The van der Waals surface area contributed by atoms with Crippen LogP contribution in [-0.4, -0.2) is 10.2 Å². The highest BCUT2D eigenvalue weighted by atomic mass is 32.2. The fourth-order valence-electron chi connectivity index (χ4n) is 5.21. The van der Waals surface area contributed by atoms with Crippen molar-refractivity contribution in [1.82, 2.24) is 0 Å². The largest absolute Gasteiger partial charge is 0.369 e. The fourth-order valence-corrected chi connectivity index (χ4v) is 7.58. The molecular formula is C36H22O2S2. The van der Waals surface area contributed by atoms with Crippen molar-refractivity contribution in [2.24, 2.45) is 0 Å². The van der Waals surface area contributed by atoms with Gasteiger partial charge in [0, 0.05) is 53.0 Å². The predicted molar refractivity (Wildman–Crippen MR) is 160 cm³/mol. The molecule has 2 aliphatic heterocycles. The lowest BCUT2D eigenvalue weighted by atomic mass is 9.85. The van der Waals surface area contributed by atoms with Gasteiger partial charge in [-0.3, -0.25) is 0 Å². The molecule has 0 bridgehead atoms. The maximum atomic E-state index is 11.9. The molecule has 190 valence electrons. The second kappa shape index (κ2) is 9.79. The second-order valence-corrected chi connectivity index (χ2v) is 11.9. The van der Waals surface area contributed by atoms with Crippen LogP contribution in [0.2, 0.25) is 0 Å². The number of hydrogen-bond acceptors (Lipinski definition) is 4. The van der Waals surface area contributed by atoms with Gasteiger partial charge in [0.25, 0.3) is 0 Å². The average Bonchev–Trinajstić information content (AvgIpc) is 3.00. The van der Waals surface area contributed by atoms with Gasteiger partial charge in [0.05, 0.1) is 0 Å². The highest BCUT2D eigenvalue weighted by Gasteiger charge is 2.39. The molecule has 0 radical (unpaired) electrons. The van der Waals surface area contributed by atoms with Crippen LogP contribution in [0.5, 0.6) is 0 Å². The molecule has 2 aliphatic rings. The van der Waals surface area contributed by atoms with E-state index in [0.29, 0.717) is 0 Å². The number of aliphatic hydroxyl groups is 2. The summed E-state index contributed by atoms with van der Waals surface area (Å²) < 4.78 is 0. The van der Waals surface area contributed by atoms with Crippen molar-refractivity contribution < 1.29 is 10.2 Å². The van der Waals surface area contributed by atoms with Gasteiger partial charge in [-0.05, 0) is 42.5 Å². The first-order chi connectivity index (χ1) is 19.5. The molecule has 0 spiro atoms. The molecule has 0 saturated carbocycles. The Morgan fingerprint density at radius 2 is 0.750 bits per heavy atom. The van der Waals surface area contributed by atoms with Crippen LogP contribution in [0.15, 0.2) is 141 Å². The Morgan fingerprint density at radius 1 is 0.425 bits per heavy atom. The standard InChI is InChI=1S/C36H22O2S2/c37-35(27-12-1-5-16-31(27)39-32-17-6-2-13-28(32)35)22-20-25-10-9-11-26(24-25)21-23-36(38)29-14-3-7-18-33(29)40-34-19-8-4-15-30(34)36/h1-19,24,37-38H. The molecule has 0 atom stereocenters. The van der Waals surface area contributed by atoms with E-state index in [4.69, 9.17) is 0 Å². The topological polar surface area (TPSA) is 40.5 Å². The number of rotatable bonds is 0. The Balaban J connectivity index is 1.28. The van der Waals surface area contributed by atoms with Gasteiger partial charge in [-0.15, -0.1) is 0 Å². The second-order valence-electron chi connectivity index (χ2n) is 9.69. The van der Waals surface area contributed by atoms with E-state index in [9.17, 15) is 10.2 Å². The fraction of sp³-hybridized carbons (Fsp3) is 0.0556. The number of benzene rings is 5. The Labute approximate surface area is 242 Å². The zero-order valence-electron chi connectivity index (χ0n) is 21.3. The van der Waals surface area contributed by atoms with E-state index < -0.39 is 11.2 Å². The first-order valence-electron chi connectivity index (χ1n) is 12.9. The molecule has 0 aliphatic carbocycles. The Bertz CT molecular complexity index is 1690. The SMILES string of the molecule is OC1(C#Cc2cccc(C#CC3(O)c4ccccc4Sc4ccccc43)c2)c2ccccc2Sc2ccccc21. The van der Waals surface area contributed by atoms with Crippen LogP contribution in [0.25, 0.3) is 0 Å². The van der Waals surface area contributed by atoms with E-state index >= 15 is 0 Å². The van der Waals surface area contributed by atoms with E-state index in [2.05, 4.69) is 23.7 Å². The van der Waals surface area contributed by atoms with E-state index in [1.807, 2.05) is 121 Å². The van der Waals surface area contributed by atoms with Crippen LogP contribution in [0.3, 0.4) is 0 Å². The molecule has 2 nitrogen and oxygen atoms in total. The van der Waals surface area contributed by atoms with E-state index in [-0.39, 0.29) is 0 Å². The van der Waals surface area contributed by atoms with Gasteiger partial charge in [0.2, 0.25) is 0 Å². The summed E-state index contributed by atoms with van der Waals surface area (Å²) in [5.41, 5.74) is 1.77. The minimum absolute atomic E-state index is 0.736. The van der Waals surface area contributed by atoms with Crippen LogP contribution in [0.4, 0.5) is 0 Å². The monoisotopic (exact) mass is 550 g/mol. The molecule has 5 aromatic rings. The van der Waals surface area contributed by atoms with Crippen molar-refractivity contribution in [1.29, 1.82) is 0 Å². The Morgan fingerprint density at radius 3 is 1.10 bits per heavy atom. The minimum atomic E-state index is -1.43. The quantitative estimate of drug-likeness (QED) is 0.200. The summed E-state index contributed by atoms with van der Waals surface area (Å²) in [4.78, 5) is 3.99. The van der Waals surface area contributed by atoms with E-state index in [1.165, 1.54) is 0 Å². The zero-order valence-corrected chi connectivity index (χ0v) is 22.9. The molecule has 2 heterocycles. The average molecular weight is 551 g/mol. The molecule has 0 aromatic heterocycles. The van der Waals surface area contributed by atoms with Gasteiger partial charge in [-0.25, -0.2) is 0 Å². The zero-order chi connectivity index (χ0) is 27.2. The van der Waals surface area contributed by atoms with Crippen LogP contribution in [-0.2, 0) is 11.2 Å². The van der Waals surface area contributed by atoms with Crippen LogP contribution in [0, 0.1) is 23.7 Å². The molecular weight excluding hydrogens is 529 g/mol. The Hall–Kier alpha value is -4.16. The molecule has 40 heavy (non-hydrogen) atoms. The van der Waals surface area contributed by atoms with Gasteiger partial charge < -0.3 is 10.2 Å². The van der Waals surface area contributed by atoms with Crippen LogP contribution >= 0.6 is 23.5 Å². The normalized spacial score (nSPS) is 15.1. The highest BCUT2D eigenvalue weighted by Crippen LogP contribution is 2.48. The third-order valence-corrected chi connectivity index (χ3v) is 9.49. The maximum absolute atomic E-state index is 11.9. The Kier molecular flexibility index (Phi) is 6.08. The summed E-state index contributed by atoms with van der Waals surface area (Å²) in [6.07, 6.45) is 0. The summed E-state index contributed by atoms with van der Waals surface area (Å²) >= 11 is 3.30. The summed E-state index contributed by atoms with van der Waals surface area (Å²) in [7, 11) is 0. The molecule has 5 aromatic carbocycles. The van der Waals surface area contributed by atoms with Gasteiger partial charge in [0.15, 0.2) is 11.2 Å². The smallest absolute Gasteiger partial charge is 0.179 e. The van der Waals surface area contributed by atoms with Crippen molar-refractivity contribution in [2.45, 2.75) is 30.8 Å². The van der Waals surface area contributed by atoms with Crippen molar-refractivity contribution >= 4 is 23.5 Å². The molecule has 7 rings (SSSR count). The first-order valence-corrected chi connectivity index (χ1v) is 14.5. The molecule has 0 unspecified atom stereocenters. The summed E-state index contributed by atoms with van der Waals surface area (Å²) in [6, 6.07) is 39.1. The lowest BCUT2D eigenvalue weighted by Crippen LogP contribution is -2.29. The molecule has 0 amide bonds. The summed E-state index contributed by atoms with van der Waals surface area (Å²) in [5, 5.41) is 23.9. The molecule has 4 heteroatoms. The number of fused-ring (bicyclic) bond motifs is 4. The lowest BCUT2D eigenvalue weighted by Gasteiger charge is -2.32. The van der Waals surface area contributed by atoms with Crippen molar-refractivity contribution in [3.05, 3.63) is 155 Å². The van der Waals surface area contributed by atoms with Crippen molar-refractivity contribution in [3.8, 4) is 23.7 Å².